The topological polar surface area (TPSA) is 68.2 Å². The number of carbonyl (C=O) groups is 1. The van der Waals surface area contributed by atoms with Crippen molar-refractivity contribution in [1.82, 2.24) is 0 Å². The zero-order chi connectivity index (χ0) is 27.2. The predicted octanol–water partition coefficient (Wildman–Crippen LogP) is 6.99. The van der Waals surface area contributed by atoms with Crippen LogP contribution in [0.5, 0.6) is 11.5 Å². The minimum Gasteiger partial charge on any atom is -0.497 e. The highest BCUT2D eigenvalue weighted by molar-refractivity contribution is 5.91. The Morgan fingerprint density at radius 2 is 1.64 bits per heavy atom. The molecule has 1 aliphatic heterocycles. The van der Waals surface area contributed by atoms with Crippen LogP contribution in [-0.2, 0) is 11.3 Å². The van der Waals surface area contributed by atoms with Gasteiger partial charge in [0.25, 0.3) is 0 Å². The zero-order valence-electron chi connectivity index (χ0n) is 21.6. The monoisotopic (exact) mass is 527 g/mol. The van der Waals surface area contributed by atoms with Crippen LogP contribution in [0.4, 0.5) is 14.9 Å². The first-order valence-corrected chi connectivity index (χ1v) is 12.9. The van der Waals surface area contributed by atoms with Crippen molar-refractivity contribution in [3.8, 4) is 11.5 Å². The van der Waals surface area contributed by atoms with E-state index in [1.165, 1.54) is 12.1 Å². The number of anilines is 1. The Labute approximate surface area is 227 Å². The van der Waals surface area contributed by atoms with Crippen LogP contribution in [-0.4, -0.2) is 24.4 Å². The maximum atomic E-state index is 13.4. The van der Waals surface area contributed by atoms with E-state index in [4.69, 9.17) is 14.2 Å². The molecule has 4 aromatic rings. The number of nitrogens with zero attached hydrogens (tertiary/aromatic N) is 1. The lowest BCUT2D eigenvalue weighted by atomic mass is 9.93. The van der Waals surface area contributed by atoms with Gasteiger partial charge in [0.2, 0.25) is 0 Å². The molecule has 0 aliphatic carbocycles. The number of halogens is 1. The van der Waals surface area contributed by atoms with E-state index < -0.39 is 24.3 Å². The van der Waals surface area contributed by atoms with E-state index in [1.807, 2.05) is 78.9 Å². The molecule has 0 spiro atoms. The third-order valence-electron chi connectivity index (χ3n) is 6.87. The predicted molar refractivity (Wildman–Crippen MR) is 146 cm³/mol. The average Bonchev–Trinajstić information content (AvgIpc) is 3.31. The summed E-state index contributed by atoms with van der Waals surface area (Å²) in [5, 5.41) is 10.8. The van der Waals surface area contributed by atoms with Gasteiger partial charge in [0, 0.05) is 17.3 Å². The number of methoxy groups -OCH3 is 1. The minimum absolute atomic E-state index is 0.319. The van der Waals surface area contributed by atoms with Crippen molar-refractivity contribution in [2.24, 2.45) is 0 Å². The molecule has 7 heteroatoms. The van der Waals surface area contributed by atoms with Gasteiger partial charge in [-0.25, -0.2) is 9.18 Å². The fraction of sp³-hybridized carbons (Fsp3) is 0.219. The van der Waals surface area contributed by atoms with Gasteiger partial charge in [-0.15, -0.1) is 0 Å². The molecule has 3 atom stereocenters. The Kier molecular flexibility index (Phi) is 8.08. The van der Waals surface area contributed by atoms with Crippen molar-refractivity contribution in [1.29, 1.82) is 0 Å². The van der Waals surface area contributed by atoms with Gasteiger partial charge < -0.3 is 19.3 Å². The molecule has 5 rings (SSSR count). The molecule has 0 radical (unpaired) electrons. The number of benzene rings is 4. The molecule has 1 saturated heterocycles. The van der Waals surface area contributed by atoms with Crippen LogP contribution < -0.4 is 14.4 Å². The van der Waals surface area contributed by atoms with E-state index in [9.17, 15) is 14.3 Å². The second-order valence-corrected chi connectivity index (χ2v) is 9.40. The molecule has 0 saturated carbocycles. The average molecular weight is 528 g/mol. The summed E-state index contributed by atoms with van der Waals surface area (Å²) in [7, 11) is 1.59. The number of aliphatic hydroxyl groups is 1. The number of hydrogen-bond acceptors (Lipinski definition) is 5. The Morgan fingerprint density at radius 3 is 2.33 bits per heavy atom. The van der Waals surface area contributed by atoms with Gasteiger partial charge in [-0.05, 0) is 60.4 Å². The summed E-state index contributed by atoms with van der Waals surface area (Å²) in [5.41, 5.74) is 3.07. The third-order valence-corrected chi connectivity index (χ3v) is 6.87. The van der Waals surface area contributed by atoms with Crippen molar-refractivity contribution in [3.63, 3.8) is 0 Å². The summed E-state index contributed by atoms with van der Waals surface area (Å²) in [6.45, 7) is 0.335. The highest BCUT2D eigenvalue weighted by atomic mass is 19.1. The molecule has 1 aliphatic rings. The number of aliphatic hydroxyl groups excluding tert-OH is 1. The van der Waals surface area contributed by atoms with E-state index in [2.05, 4.69) is 0 Å². The van der Waals surface area contributed by atoms with Crippen LogP contribution in [0.15, 0.2) is 103 Å². The number of rotatable bonds is 10. The highest BCUT2D eigenvalue weighted by Gasteiger charge is 2.45. The van der Waals surface area contributed by atoms with Gasteiger partial charge in [-0.1, -0.05) is 60.7 Å². The summed E-state index contributed by atoms with van der Waals surface area (Å²) in [5.74, 6) is 0.838. The van der Waals surface area contributed by atoms with Crippen molar-refractivity contribution in [2.45, 2.75) is 37.7 Å². The maximum Gasteiger partial charge on any atom is 0.415 e. The second-order valence-electron chi connectivity index (χ2n) is 9.40. The Morgan fingerprint density at radius 1 is 0.949 bits per heavy atom. The van der Waals surface area contributed by atoms with Gasteiger partial charge in [0.05, 0.1) is 13.2 Å². The number of hydrogen-bond donors (Lipinski definition) is 1. The first kappa shape index (κ1) is 26.3. The third kappa shape index (κ3) is 6.04. The van der Waals surface area contributed by atoms with E-state index in [0.29, 0.717) is 42.2 Å². The highest BCUT2D eigenvalue weighted by Crippen LogP contribution is 2.44. The molecule has 0 aromatic heterocycles. The molecule has 1 fully saturated rings. The van der Waals surface area contributed by atoms with E-state index >= 15 is 0 Å². The number of carbonyl (C=O) groups excluding carboxylic acids is 1. The van der Waals surface area contributed by atoms with Crippen LogP contribution in [0.25, 0.3) is 0 Å². The lowest BCUT2D eigenvalue weighted by Gasteiger charge is -2.27. The fourth-order valence-corrected chi connectivity index (χ4v) is 4.86. The molecule has 0 unspecified atom stereocenters. The van der Waals surface area contributed by atoms with Crippen molar-refractivity contribution >= 4 is 11.8 Å². The molecule has 200 valence electrons. The van der Waals surface area contributed by atoms with Crippen LogP contribution in [0, 0.1) is 5.82 Å². The molecular weight excluding hydrogens is 497 g/mol. The SMILES string of the molecule is COc1ccc([C@@H]2[C@@H](CC[C@H](O)c3ccc(F)cc3)OC(=O)N2c2ccccc2)c(OCc2ccccc2)c1. The molecule has 1 N–H and O–H groups in total. The van der Waals surface area contributed by atoms with Gasteiger partial charge >= 0.3 is 6.09 Å². The van der Waals surface area contributed by atoms with Crippen LogP contribution in [0.2, 0.25) is 0 Å². The van der Waals surface area contributed by atoms with E-state index in [1.54, 1.807) is 24.1 Å². The van der Waals surface area contributed by atoms with Crippen LogP contribution in [0.1, 0.15) is 41.7 Å². The lowest BCUT2D eigenvalue weighted by Crippen LogP contribution is -2.30. The molecule has 0 bridgehead atoms. The van der Waals surface area contributed by atoms with Crippen molar-refractivity contribution in [3.05, 3.63) is 126 Å². The normalized spacial score (nSPS) is 17.5. The summed E-state index contributed by atoms with van der Waals surface area (Å²) < 4.78 is 31.0. The molecular formula is C32H30FNO5. The number of para-hydroxylation sites is 1. The van der Waals surface area contributed by atoms with Crippen molar-refractivity contribution < 1.29 is 28.5 Å². The standard InChI is InChI=1S/C32H30FNO5/c1-37-26-16-17-27(30(20-26)38-21-22-8-4-2-5-9-22)31-29(19-18-28(35)23-12-14-24(33)15-13-23)39-32(36)34(31)25-10-6-3-7-11-25/h2-17,20,28-29,31,35H,18-19,21H2,1H3/t28-,29+,31+/m0/s1. The van der Waals surface area contributed by atoms with Gasteiger partial charge in [-0.3, -0.25) is 4.90 Å². The fourth-order valence-electron chi connectivity index (χ4n) is 4.86. The molecule has 1 amide bonds. The number of amides is 1. The Hall–Kier alpha value is -4.36. The van der Waals surface area contributed by atoms with Crippen molar-refractivity contribution in [2.75, 3.05) is 12.0 Å². The van der Waals surface area contributed by atoms with Gasteiger partial charge in [0.1, 0.15) is 36.1 Å². The van der Waals surface area contributed by atoms with E-state index in [0.717, 1.165) is 11.1 Å². The Bertz CT molecular complexity index is 1380. The summed E-state index contributed by atoms with van der Waals surface area (Å²) in [4.78, 5) is 14.9. The molecule has 1 heterocycles. The lowest BCUT2D eigenvalue weighted by molar-refractivity contribution is 0.100. The van der Waals surface area contributed by atoms with Crippen LogP contribution >= 0.6 is 0 Å². The molecule has 4 aromatic carbocycles. The van der Waals surface area contributed by atoms with Crippen LogP contribution in [0.3, 0.4) is 0 Å². The quantitative estimate of drug-likeness (QED) is 0.241. The smallest absolute Gasteiger partial charge is 0.415 e. The number of cyclic esters (lactones) is 1. The maximum absolute atomic E-state index is 13.4. The largest absolute Gasteiger partial charge is 0.497 e. The molecule has 39 heavy (non-hydrogen) atoms. The van der Waals surface area contributed by atoms with E-state index in [-0.39, 0.29) is 5.82 Å². The number of ether oxygens (including phenoxy) is 3. The first-order valence-electron chi connectivity index (χ1n) is 12.9. The van der Waals surface area contributed by atoms with Gasteiger partial charge in [0.15, 0.2) is 0 Å². The zero-order valence-corrected chi connectivity index (χ0v) is 21.6. The Balaban J connectivity index is 1.47. The first-order chi connectivity index (χ1) is 19.0. The summed E-state index contributed by atoms with van der Waals surface area (Å²) in [6.07, 6.45) is -1.18. The minimum atomic E-state index is -0.833. The second kappa shape index (κ2) is 12.0. The molecule has 6 nitrogen and oxygen atoms in total. The van der Waals surface area contributed by atoms with Gasteiger partial charge in [-0.2, -0.15) is 0 Å². The summed E-state index contributed by atoms with van der Waals surface area (Å²) >= 11 is 0. The summed E-state index contributed by atoms with van der Waals surface area (Å²) in [6, 6.07) is 30.0.